The molecule has 2 aliphatic rings. The Morgan fingerprint density at radius 2 is 1.81 bits per heavy atom. The predicted molar refractivity (Wildman–Crippen MR) is 116 cm³/mol. The van der Waals surface area contributed by atoms with Crippen molar-refractivity contribution in [3.05, 3.63) is 106 Å². The molecule has 5 rings (SSSR count). The van der Waals surface area contributed by atoms with E-state index >= 15 is 0 Å². The summed E-state index contributed by atoms with van der Waals surface area (Å²) in [5, 5.41) is 12.3. The first-order chi connectivity index (χ1) is 15.6. The molecule has 2 aromatic carbocycles. The number of hydrogen-bond acceptors (Lipinski definition) is 5. The summed E-state index contributed by atoms with van der Waals surface area (Å²) in [6.45, 7) is 0.517. The van der Waals surface area contributed by atoms with Crippen LogP contribution in [0.1, 0.15) is 27.7 Å². The molecule has 32 heavy (non-hydrogen) atoms. The minimum atomic E-state index is -0.641. The highest BCUT2D eigenvalue weighted by atomic mass is 19.1. The van der Waals surface area contributed by atoms with Crippen LogP contribution in [-0.4, -0.2) is 40.4 Å². The van der Waals surface area contributed by atoms with Gasteiger partial charge in [-0.15, -0.1) is 0 Å². The second-order valence-electron chi connectivity index (χ2n) is 7.58. The zero-order valence-electron chi connectivity index (χ0n) is 17.0. The maximum absolute atomic E-state index is 14.9. The number of halogens is 1. The Morgan fingerprint density at radius 1 is 1.00 bits per heavy atom. The Morgan fingerprint density at radius 3 is 2.62 bits per heavy atom. The van der Waals surface area contributed by atoms with E-state index < -0.39 is 28.9 Å². The summed E-state index contributed by atoms with van der Waals surface area (Å²) >= 11 is 0. The largest absolute Gasteiger partial charge is 0.502 e. The van der Waals surface area contributed by atoms with Gasteiger partial charge in [-0.25, -0.2) is 4.39 Å². The highest BCUT2D eigenvalue weighted by molar-refractivity contribution is 5.96. The lowest BCUT2D eigenvalue weighted by atomic mass is 9.96. The smallest absolute Gasteiger partial charge is 0.278 e. The van der Waals surface area contributed by atoms with Gasteiger partial charge in [0.25, 0.3) is 5.91 Å². The van der Waals surface area contributed by atoms with E-state index in [1.807, 2.05) is 35.3 Å². The molecule has 0 aliphatic carbocycles. The third kappa shape index (κ3) is 3.20. The summed E-state index contributed by atoms with van der Waals surface area (Å²) in [7, 11) is 0. The van der Waals surface area contributed by atoms with Crippen LogP contribution in [0, 0.1) is 5.82 Å². The van der Waals surface area contributed by atoms with Crippen LogP contribution >= 0.6 is 0 Å². The molecule has 0 unspecified atom stereocenters. The molecule has 2 bridgehead atoms. The number of carbonyl (C=O) groups is 1. The minimum absolute atomic E-state index is 0.114. The van der Waals surface area contributed by atoms with Crippen LogP contribution in [0.2, 0.25) is 0 Å². The van der Waals surface area contributed by atoms with Gasteiger partial charge in [0.05, 0.1) is 0 Å². The number of pyridine rings is 1. The number of amides is 1. The Labute approximate surface area is 183 Å². The SMILES string of the molecule is O=C1c2c(O)c(=O)ccn2N2CN1C/C=C\COc1c(F)cccc1[C@@H]2c1ccccc1. The Hall–Kier alpha value is -4.07. The monoisotopic (exact) mass is 433 g/mol. The van der Waals surface area contributed by atoms with Gasteiger partial charge in [0.1, 0.15) is 19.3 Å². The highest BCUT2D eigenvalue weighted by Crippen LogP contribution is 2.38. The van der Waals surface area contributed by atoms with E-state index in [4.69, 9.17) is 4.74 Å². The summed E-state index contributed by atoms with van der Waals surface area (Å²) in [6.07, 6.45) is 4.91. The number of para-hydroxylation sites is 1. The molecule has 0 radical (unpaired) electrons. The van der Waals surface area contributed by atoms with Crippen LogP contribution in [0.5, 0.6) is 11.5 Å². The maximum Gasteiger partial charge on any atom is 0.278 e. The number of hydrogen-bond donors (Lipinski definition) is 1. The lowest BCUT2D eigenvalue weighted by Crippen LogP contribution is -2.55. The summed E-state index contributed by atoms with van der Waals surface area (Å²) < 4.78 is 22.2. The molecule has 0 fully saturated rings. The first kappa shape index (κ1) is 19.9. The molecule has 1 amide bonds. The van der Waals surface area contributed by atoms with Gasteiger partial charge >= 0.3 is 0 Å². The average Bonchev–Trinajstić information content (AvgIpc) is 2.83. The topological polar surface area (TPSA) is 75.0 Å². The predicted octanol–water partition coefficient (Wildman–Crippen LogP) is 2.78. The molecule has 7 nitrogen and oxygen atoms in total. The lowest BCUT2D eigenvalue weighted by molar-refractivity contribution is 0.0701. The van der Waals surface area contributed by atoms with Crippen LogP contribution in [0.15, 0.2) is 77.7 Å². The number of ether oxygens (including phenoxy) is 1. The van der Waals surface area contributed by atoms with Crippen molar-refractivity contribution in [3.63, 3.8) is 0 Å². The number of fused-ring (bicyclic) bond motifs is 5. The van der Waals surface area contributed by atoms with Crippen LogP contribution < -0.4 is 15.2 Å². The van der Waals surface area contributed by atoms with Crippen LogP contribution in [0.25, 0.3) is 0 Å². The molecule has 0 spiro atoms. The fourth-order valence-corrected chi connectivity index (χ4v) is 4.18. The normalized spacial score (nSPS) is 18.8. The second kappa shape index (κ2) is 7.88. The molecule has 3 heterocycles. The Balaban J connectivity index is 1.82. The molecular weight excluding hydrogens is 413 g/mol. The van der Waals surface area contributed by atoms with E-state index in [1.54, 1.807) is 24.3 Å². The second-order valence-corrected chi connectivity index (χ2v) is 7.58. The van der Waals surface area contributed by atoms with Crippen molar-refractivity contribution in [1.82, 2.24) is 9.58 Å². The quantitative estimate of drug-likeness (QED) is 0.598. The van der Waals surface area contributed by atoms with Gasteiger partial charge in [-0.1, -0.05) is 48.5 Å². The van der Waals surface area contributed by atoms with Crippen molar-refractivity contribution in [1.29, 1.82) is 0 Å². The van der Waals surface area contributed by atoms with E-state index in [9.17, 15) is 19.1 Å². The van der Waals surface area contributed by atoms with Crippen molar-refractivity contribution in [2.45, 2.75) is 6.04 Å². The van der Waals surface area contributed by atoms with Crippen molar-refractivity contribution in [2.24, 2.45) is 0 Å². The van der Waals surface area contributed by atoms with Gasteiger partial charge in [-0.2, -0.15) is 0 Å². The van der Waals surface area contributed by atoms with E-state index in [2.05, 4.69) is 0 Å². The van der Waals surface area contributed by atoms with Crippen LogP contribution in [0.4, 0.5) is 4.39 Å². The number of nitrogens with zero attached hydrogens (tertiary/aromatic N) is 3. The van der Waals surface area contributed by atoms with E-state index in [1.165, 1.54) is 27.9 Å². The summed E-state index contributed by atoms with van der Waals surface area (Å²) in [4.78, 5) is 26.8. The molecular formula is C24H20FN3O4. The molecule has 0 saturated carbocycles. The third-order valence-electron chi connectivity index (χ3n) is 5.66. The van der Waals surface area contributed by atoms with Gasteiger partial charge in [0.2, 0.25) is 5.43 Å². The highest BCUT2D eigenvalue weighted by Gasteiger charge is 2.37. The van der Waals surface area contributed by atoms with Gasteiger partial charge < -0.3 is 14.7 Å². The van der Waals surface area contributed by atoms with Gasteiger partial charge in [-0.3, -0.25) is 19.3 Å². The lowest BCUT2D eigenvalue weighted by Gasteiger charge is -2.43. The van der Waals surface area contributed by atoms with Crippen LogP contribution in [0.3, 0.4) is 0 Å². The number of aromatic hydroxyl groups is 1. The van der Waals surface area contributed by atoms with E-state index in [0.29, 0.717) is 5.56 Å². The van der Waals surface area contributed by atoms with Crippen LogP contribution in [-0.2, 0) is 0 Å². The maximum atomic E-state index is 14.9. The van der Waals surface area contributed by atoms with E-state index in [-0.39, 0.29) is 31.3 Å². The van der Waals surface area contributed by atoms with Crippen molar-refractivity contribution in [2.75, 3.05) is 24.8 Å². The van der Waals surface area contributed by atoms with Gasteiger partial charge in [0, 0.05) is 24.4 Å². The Kier molecular flexibility index (Phi) is 4.89. The number of aromatic nitrogens is 1. The standard InChI is InChI=1S/C24H20FN3O4/c25-18-10-6-9-17-20(16-7-2-1-3-8-16)28-15-26(12-4-5-14-32-23(17)18)24(31)21-22(30)19(29)11-13-27(21)28/h1-11,13,20,30H,12,14-15H2/b5-4-/t20-/m0/s1. The van der Waals surface area contributed by atoms with Crippen molar-refractivity contribution >= 4 is 5.91 Å². The van der Waals surface area contributed by atoms with E-state index in [0.717, 1.165) is 5.56 Å². The Bertz CT molecular complexity index is 1270. The molecule has 162 valence electrons. The number of benzene rings is 2. The van der Waals surface area contributed by atoms with Gasteiger partial charge in [-0.05, 0) is 17.7 Å². The average molecular weight is 433 g/mol. The molecule has 3 aromatic rings. The first-order valence-corrected chi connectivity index (χ1v) is 10.2. The molecule has 1 aromatic heterocycles. The summed E-state index contributed by atoms with van der Waals surface area (Å²) in [6, 6.07) is 14.8. The summed E-state index contributed by atoms with van der Waals surface area (Å²) in [5.41, 5.74) is 0.618. The molecule has 2 aliphatic heterocycles. The summed E-state index contributed by atoms with van der Waals surface area (Å²) in [5.74, 6) is -1.46. The minimum Gasteiger partial charge on any atom is -0.502 e. The van der Waals surface area contributed by atoms with Crippen molar-refractivity contribution in [3.8, 4) is 11.5 Å². The zero-order valence-corrected chi connectivity index (χ0v) is 17.0. The van der Waals surface area contributed by atoms with Crippen molar-refractivity contribution < 1.29 is 19.0 Å². The fraction of sp³-hybridized carbons (Fsp3) is 0.167. The van der Waals surface area contributed by atoms with Gasteiger partial charge in [0.15, 0.2) is 23.0 Å². The number of rotatable bonds is 1. The first-order valence-electron chi connectivity index (χ1n) is 10.2. The molecule has 0 saturated heterocycles. The zero-order chi connectivity index (χ0) is 22.2. The molecule has 1 N–H and O–H groups in total. The fourth-order valence-electron chi connectivity index (χ4n) is 4.18. The third-order valence-corrected chi connectivity index (χ3v) is 5.66. The molecule has 1 atom stereocenters. The number of carbonyl (C=O) groups excluding carboxylic acids is 1. The molecule has 8 heteroatoms.